The Morgan fingerprint density at radius 1 is 0.735 bits per heavy atom. The van der Waals surface area contributed by atoms with Gasteiger partial charge in [0.15, 0.2) is 0 Å². The van der Waals surface area contributed by atoms with Crippen LogP contribution in [0.1, 0.15) is 115 Å². The Kier molecular flexibility index (Phi) is 8.42. The summed E-state index contributed by atoms with van der Waals surface area (Å²) in [7, 11) is 0. The third-order valence-corrected chi connectivity index (χ3v) is 12.4. The second-order valence-electron chi connectivity index (χ2n) is 10.9. The summed E-state index contributed by atoms with van der Waals surface area (Å²) in [5.41, 5.74) is 8.39. The van der Waals surface area contributed by atoms with E-state index in [2.05, 4.69) is 115 Å². The molecule has 1 fully saturated rings. The SMILES string of the molecule is C=C(CC)P1(=S)N(c2c(C(C)C)cccc2C(C)C)CCN1c1c(C(C)C)cccc1C(C)C. The lowest BCUT2D eigenvalue weighted by molar-refractivity contribution is 0.821. The number of para-hydroxylation sites is 2. The van der Waals surface area contributed by atoms with Crippen LogP contribution in [0.25, 0.3) is 0 Å². The summed E-state index contributed by atoms with van der Waals surface area (Å²) in [4.78, 5) is 0. The van der Waals surface area contributed by atoms with Gasteiger partial charge in [-0.1, -0.05) is 105 Å². The normalized spacial score (nSPS) is 15.9. The molecule has 2 nitrogen and oxygen atoms in total. The first-order valence-corrected chi connectivity index (χ1v) is 15.8. The molecule has 2 aromatic carbocycles. The molecular weight excluding hydrogens is 451 g/mol. The highest BCUT2D eigenvalue weighted by molar-refractivity contribution is 8.18. The fourth-order valence-electron chi connectivity index (χ4n) is 5.25. The molecule has 3 rings (SSSR count). The third-order valence-electron chi connectivity index (χ3n) is 7.20. The van der Waals surface area contributed by atoms with Gasteiger partial charge < -0.3 is 9.34 Å². The molecule has 34 heavy (non-hydrogen) atoms. The minimum atomic E-state index is -2.29. The van der Waals surface area contributed by atoms with E-state index in [0.717, 1.165) is 19.5 Å². The van der Waals surface area contributed by atoms with Crippen LogP contribution in [0.4, 0.5) is 11.4 Å². The van der Waals surface area contributed by atoms with Gasteiger partial charge in [-0.3, -0.25) is 0 Å². The Morgan fingerprint density at radius 3 is 1.26 bits per heavy atom. The third kappa shape index (κ3) is 4.63. The molecule has 0 aromatic heterocycles. The number of anilines is 2. The van der Waals surface area contributed by atoms with Crippen molar-refractivity contribution in [3.05, 3.63) is 70.5 Å². The quantitative estimate of drug-likeness (QED) is 0.336. The fraction of sp³-hybridized carbons (Fsp3) is 0.533. The molecule has 0 amide bonds. The first-order chi connectivity index (χ1) is 16.0. The summed E-state index contributed by atoms with van der Waals surface area (Å²) in [5, 5.41) is 1.21. The minimum absolute atomic E-state index is 0.440. The topological polar surface area (TPSA) is 6.48 Å². The highest BCUT2D eigenvalue weighted by Crippen LogP contribution is 2.68. The van der Waals surface area contributed by atoms with Crippen LogP contribution in [-0.4, -0.2) is 13.1 Å². The summed E-state index contributed by atoms with van der Waals surface area (Å²) in [6.45, 7) is 27.2. The van der Waals surface area contributed by atoms with Crippen LogP contribution in [0.2, 0.25) is 0 Å². The van der Waals surface area contributed by atoms with E-state index < -0.39 is 6.34 Å². The second-order valence-corrected chi connectivity index (χ2v) is 15.1. The fourth-order valence-corrected chi connectivity index (χ4v) is 9.70. The van der Waals surface area contributed by atoms with Gasteiger partial charge in [0.25, 0.3) is 0 Å². The van der Waals surface area contributed by atoms with Crippen LogP contribution in [0, 0.1) is 0 Å². The Morgan fingerprint density at radius 2 is 1.03 bits per heavy atom. The van der Waals surface area contributed by atoms with Crippen molar-refractivity contribution in [1.29, 1.82) is 0 Å². The van der Waals surface area contributed by atoms with Crippen LogP contribution in [0.15, 0.2) is 48.3 Å². The standard InChI is InChI=1S/C30H45N2PS/c1-11-24(10)33(34)31(29-25(20(2)3)14-12-15-26(29)21(4)5)18-19-32(33)30-27(22(6)7)16-13-17-28(30)23(8)9/h12-17,20-23H,10-11,18-19H2,1-9H3. The van der Waals surface area contributed by atoms with Crippen molar-refractivity contribution in [3.63, 3.8) is 0 Å². The summed E-state index contributed by atoms with van der Waals surface area (Å²) in [5.74, 6) is 1.76. The molecule has 4 heteroatoms. The van der Waals surface area contributed by atoms with E-state index in [9.17, 15) is 0 Å². The van der Waals surface area contributed by atoms with Gasteiger partial charge in [0.2, 0.25) is 0 Å². The summed E-state index contributed by atoms with van der Waals surface area (Å²) in [6, 6.07) is 13.7. The molecule has 1 heterocycles. The predicted molar refractivity (Wildman–Crippen MR) is 158 cm³/mol. The van der Waals surface area contributed by atoms with Gasteiger partial charge >= 0.3 is 0 Å². The van der Waals surface area contributed by atoms with Crippen molar-refractivity contribution < 1.29 is 0 Å². The smallest absolute Gasteiger partial charge is 0.149 e. The van der Waals surface area contributed by atoms with Gasteiger partial charge in [-0.05, 0) is 69.5 Å². The molecule has 0 unspecified atom stereocenters. The van der Waals surface area contributed by atoms with Crippen molar-refractivity contribution >= 4 is 29.5 Å². The number of benzene rings is 2. The molecule has 2 aromatic rings. The van der Waals surface area contributed by atoms with Gasteiger partial charge in [-0.2, -0.15) is 0 Å². The van der Waals surface area contributed by atoms with Crippen LogP contribution < -0.4 is 9.34 Å². The molecule has 0 radical (unpaired) electrons. The second kappa shape index (κ2) is 10.6. The predicted octanol–water partition coefficient (Wildman–Crippen LogP) is 9.74. The molecule has 1 saturated heterocycles. The Bertz CT molecular complexity index is 955. The maximum Gasteiger partial charge on any atom is 0.149 e. The highest BCUT2D eigenvalue weighted by Gasteiger charge is 2.44. The molecular formula is C30H45N2PS. The molecule has 0 spiro atoms. The Hall–Kier alpha value is -1.57. The molecule has 0 N–H and O–H groups in total. The monoisotopic (exact) mass is 496 g/mol. The number of hydrogen-bond donors (Lipinski definition) is 0. The minimum Gasteiger partial charge on any atom is -0.323 e. The van der Waals surface area contributed by atoms with Crippen molar-refractivity contribution in [3.8, 4) is 0 Å². The van der Waals surface area contributed by atoms with Gasteiger partial charge in [-0.25, -0.2) is 0 Å². The maximum atomic E-state index is 6.84. The molecule has 0 bridgehead atoms. The van der Waals surface area contributed by atoms with Crippen molar-refractivity contribution in [2.24, 2.45) is 0 Å². The first-order valence-electron chi connectivity index (χ1n) is 13.1. The van der Waals surface area contributed by atoms with Crippen molar-refractivity contribution in [1.82, 2.24) is 0 Å². The zero-order chi connectivity index (χ0) is 25.4. The van der Waals surface area contributed by atoms with Gasteiger partial charge in [0.05, 0.1) is 0 Å². The average molecular weight is 497 g/mol. The van der Waals surface area contributed by atoms with Gasteiger partial charge in [0, 0.05) is 24.5 Å². The lowest BCUT2D eigenvalue weighted by Gasteiger charge is -2.41. The molecule has 1 aliphatic rings. The van der Waals surface area contributed by atoms with E-state index >= 15 is 0 Å². The molecule has 186 valence electrons. The van der Waals surface area contributed by atoms with Crippen LogP contribution >= 0.6 is 6.34 Å². The van der Waals surface area contributed by atoms with Gasteiger partial charge in [0.1, 0.15) is 6.34 Å². The first kappa shape index (κ1) is 27.0. The highest BCUT2D eigenvalue weighted by atomic mass is 32.4. The number of nitrogens with zero attached hydrogens (tertiary/aromatic N) is 2. The molecule has 0 atom stereocenters. The van der Waals surface area contributed by atoms with E-state index in [0.29, 0.717) is 23.7 Å². The molecule has 0 saturated carbocycles. The summed E-state index contributed by atoms with van der Waals surface area (Å²) < 4.78 is 5.25. The number of rotatable bonds is 8. The zero-order valence-corrected chi connectivity index (χ0v) is 24.6. The van der Waals surface area contributed by atoms with Crippen LogP contribution in [0.3, 0.4) is 0 Å². The Balaban J connectivity index is 2.34. The maximum absolute atomic E-state index is 6.84. The lowest BCUT2D eigenvalue weighted by atomic mass is 9.92. The molecule has 0 aliphatic carbocycles. The molecule has 1 aliphatic heterocycles. The number of allylic oxidation sites excluding steroid dienone is 1. The van der Waals surface area contributed by atoms with E-state index in [-0.39, 0.29) is 0 Å². The summed E-state index contributed by atoms with van der Waals surface area (Å²) >= 11 is 6.84. The lowest BCUT2D eigenvalue weighted by Crippen LogP contribution is -2.24. The van der Waals surface area contributed by atoms with E-state index in [1.165, 1.54) is 38.9 Å². The van der Waals surface area contributed by atoms with Crippen molar-refractivity contribution in [2.45, 2.75) is 92.4 Å². The zero-order valence-electron chi connectivity index (χ0n) is 22.9. The number of hydrogen-bond acceptors (Lipinski definition) is 1. The van der Waals surface area contributed by atoms with E-state index in [1.54, 1.807) is 0 Å². The van der Waals surface area contributed by atoms with Gasteiger partial charge in [-0.15, -0.1) is 0 Å². The van der Waals surface area contributed by atoms with E-state index in [4.69, 9.17) is 11.8 Å². The van der Waals surface area contributed by atoms with Crippen LogP contribution in [0.5, 0.6) is 0 Å². The average Bonchev–Trinajstić information content (AvgIpc) is 3.14. The van der Waals surface area contributed by atoms with Crippen molar-refractivity contribution in [2.75, 3.05) is 22.4 Å². The van der Waals surface area contributed by atoms with E-state index in [1.807, 2.05) is 0 Å². The largest absolute Gasteiger partial charge is 0.323 e. The Labute approximate surface area is 214 Å². The van der Waals surface area contributed by atoms with Crippen LogP contribution in [-0.2, 0) is 11.8 Å². The summed E-state index contributed by atoms with van der Waals surface area (Å²) in [6.07, 6.45) is -1.38.